The lowest BCUT2D eigenvalue weighted by Crippen LogP contribution is -2.12. The van der Waals surface area contributed by atoms with Crippen molar-refractivity contribution in [1.29, 1.82) is 0 Å². The number of anilines is 1. The van der Waals surface area contributed by atoms with Crippen molar-refractivity contribution in [3.8, 4) is 5.75 Å². The Labute approximate surface area is 123 Å². The van der Waals surface area contributed by atoms with Gasteiger partial charge in [0.2, 0.25) is 0 Å². The summed E-state index contributed by atoms with van der Waals surface area (Å²) >= 11 is 3.19. The highest BCUT2D eigenvalue weighted by molar-refractivity contribution is 9.10. The number of aromatic carboxylic acids is 1. The summed E-state index contributed by atoms with van der Waals surface area (Å²) in [7, 11) is 0. The van der Waals surface area contributed by atoms with Gasteiger partial charge < -0.3 is 15.5 Å². The van der Waals surface area contributed by atoms with E-state index >= 15 is 0 Å². The summed E-state index contributed by atoms with van der Waals surface area (Å²) < 4.78 is 0.446. The fourth-order valence-electron chi connectivity index (χ4n) is 1.60. The number of carboxylic acids is 1. The maximum atomic E-state index is 12.0. The molecule has 6 heteroatoms. The number of carbonyl (C=O) groups is 2. The standard InChI is InChI=1S/C14H10BrNO4/c15-10-7-8(14(19)20)5-6-11(10)16-13(18)9-3-1-2-4-12(9)17/h1-7,17H,(H,16,18)(H,19,20). The lowest BCUT2D eigenvalue weighted by Gasteiger charge is -2.09. The first kappa shape index (κ1) is 14.1. The Kier molecular flexibility index (Phi) is 4.05. The molecular formula is C14H10BrNO4. The molecule has 0 unspecified atom stereocenters. The van der Waals surface area contributed by atoms with Crippen LogP contribution in [0, 0.1) is 0 Å². The van der Waals surface area contributed by atoms with Crippen molar-refractivity contribution < 1.29 is 19.8 Å². The van der Waals surface area contributed by atoms with E-state index in [1.807, 2.05) is 0 Å². The highest BCUT2D eigenvalue weighted by atomic mass is 79.9. The first-order chi connectivity index (χ1) is 9.49. The molecule has 0 heterocycles. The topological polar surface area (TPSA) is 86.6 Å². The highest BCUT2D eigenvalue weighted by Crippen LogP contribution is 2.25. The number of aromatic hydroxyl groups is 1. The third-order valence-corrected chi connectivity index (χ3v) is 3.27. The smallest absolute Gasteiger partial charge is 0.335 e. The summed E-state index contributed by atoms with van der Waals surface area (Å²) in [6, 6.07) is 10.4. The van der Waals surface area contributed by atoms with Gasteiger partial charge in [-0.1, -0.05) is 12.1 Å². The van der Waals surface area contributed by atoms with Gasteiger partial charge >= 0.3 is 5.97 Å². The largest absolute Gasteiger partial charge is 0.507 e. The van der Waals surface area contributed by atoms with Crippen LogP contribution in [0.25, 0.3) is 0 Å². The van der Waals surface area contributed by atoms with Gasteiger partial charge in [0.15, 0.2) is 0 Å². The number of hydrogen-bond donors (Lipinski definition) is 3. The number of amides is 1. The Balaban J connectivity index is 2.25. The van der Waals surface area contributed by atoms with Crippen LogP contribution < -0.4 is 5.32 Å². The molecule has 0 spiro atoms. The van der Waals surface area contributed by atoms with E-state index in [9.17, 15) is 14.7 Å². The van der Waals surface area contributed by atoms with Crippen LogP contribution in [0.4, 0.5) is 5.69 Å². The second-order valence-electron chi connectivity index (χ2n) is 3.97. The number of phenolic OH excluding ortho intramolecular Hbond substituents is 1. The molecule has 102 valence electrons. The molecule has 0 aliphatic carbocycles. The second-order valence-corrected chi connectivity index (χ2v) is 4.83. The van der Waals surface area contributed by atoms with Gasteiger partial charge in [-0.2, -0.15) is 0 Å². The maximum absolute atomic E-state index is 12.0. The molecule has 0 bridgehead atoms. The summed E-state index contributed by atoms with van der Waals surface area (Å²) in [5, 5.41) is 21.0. The minimum absolute atomic E-state index is 0.109. The summed E-state index contributed by atoms with van der Waals surface area (Å²) in [6.07, 6.45) is 0. The quantitative estimate of drug-likeness (QED) is 0.804. The minimum Gasteiger partial charge on any atom is -0.507 e. The van der Waals surface area contributed by atoms with Gasteiger partial charge in [-0.25, -0.2) is 4.79 Å². The lowest BCUT2D eigenvalue weighted by molar-refractivity contribution is 0.0696. The molecule has 0 aromatic heterocycles. The molecule has 3 N–H and O–H groups in total. The molecule has 0 aliphatic rings. The zero-order valence-corrected chi connectivity index (χ0v) is 11.7. The SMILES string of the molecule is O=C(O)c1ccc(NC(=O)c2ccccc2O)c(Br)c1. The van der Waals surface area contributed by atoms with Crippen molar-refractivity contribution in [2.24, 2.45) is 0 Å². The highest BCUT2D eigenvalue weighted by Gasteiger charge is 2.13. The molecule has 0 fully saturated rings. The number of rotatable bonds is 3. The number of para-hydroxylation sites is 1. The minimum atomic E-state index is -1.05. The molecular weight excluding hydrogens is 326 g/mol. The molecule has 0 atom stereocenters. The lowest BCUT2D eigenvalue weighted by atomic mass is 10.1. The Morgan fingerprint density at radius 3 is 2.40 bits per heavy atom. The molecule has 2 rings (SSSR count). The van der Waals surface area contributed by atoms with Crippen molar-refractivity contribution in [2.45, 2.75) is 0 Å². The average molecular weight is 336 g/mol. The predicted octanol–water partition coefficient (Wildman–Crippen LogP) is 3.11. The molecule has 0 saturated carbocycles. The zero-order valence-electron chi connectivity index (χ0n) is 10.1. The van der Waals surface area contributed by atoms with Crippen molar-refractivity contribution >= 4 is 33.5 Å². The van der Waals surface area contributed by atoms with Crippen molar-refractivity contribution in [3.05, 3.63) is 58.1 Å². The number of nitrogens with one attached hydrogen (secondary N) is 1. The molecule has 0 radical (unpaired) electrons. The Morgan fingerprint density at radius 1 is 1.10 bits per heavy atom. The average Bonchev–Trinajstić information content (AvgIpc) is 2.41. The normalized spacial score (nSPS) is 10.1. The Morgan fingerprint density at radius 2 is 1.80 bits per heavy atom. The Hall–Kier alpha value is -2.34. The predicted molar refractivity (Wildman–Crippen MR) is 77.2 cm³/mol. The molecule has 0 saturated heterocycles. The van der Waals surface area contributed by atoms with Crippen LogP contribution in [0.1, 0.15) is 20.7 Å². The van der Waals surface area contributed by atoms with Gasteiger partial charge in [-0.05, 0) is 46.3 Å². The third-order valence-electron chi connectivity index (χ3n) is 2.61. The van der Waals surface area contributed by atoms with E-state index in [0.717, 1.165) is 0 Å². The molecule has 0 aliphatic heterocycles. The van der Waals surface area contributed by atoms with Crippen LogP contribution >= 0.6 is 15.9 Å². The van der Waals surface area contributed by atoms with E-state index in [1.54, 1.807) is 12.1 Å². The van der Waals surface area contributed by atoms with Crippen molar-refractivity contribution in [1.82, 2.24) is 0 Å². The number of halogens is 1. The first-order valence-electron chi connectivity index (χ1n) is 5.61. The van der Waals surface area contributed by atoms with Crippen LogP contribution in [-0.4, -0.2) is 22.1 Å². The Bertz CT molecular complexity index is 685. The molecule has 20 heavy (non-hydrogen) atoms. The molecule has 1 amide bonds. The van der Waals surface area contributed by atoms with Gasteiger partial charge in [0.1, 0.15) is 5.75 Å². The number of carboxylic acid groups (broad SMARTS) is 1. The number of hydrogen-bond acceptors (Lipinski definition) is 3. The molecule has 2 aromatic rings. The van der Waals surface area contributed by atoms with Crippen LogP contribution in [0.2, 0.25) is 0 Å². The van der Waals surface area contributed by atoms with E-state index < -0.39 is 11.9 Å². The first-order valence-corrected chi connectivity index (χ1v) is 6.40. The van der Waals surface area contributed by atoms with Gasteiger partial charge in [-0.3, -0.25) is 4.79 Å². The number of carbonyl (C=O) groups excluding carboxylic acids is 1. The van der Waals surface area contributed by atoms with Crippen LogP contribution in [-0.2, 0) is 0 Å². The van der Waals surface area contributed by atoms with Crippen molar-refractivity contribution in [2.75, 3.05) is 5.32 Å². The van der Waals surface area contributed by atoms with Gasteiger partial charge in [0.05, 0.1) is 16.8 Å². The molecule has 2 aromatic carbocycles. The van der Waals surface area contributed by atoms with Gasteiger partial charge in [-0.15, -0.1) is 0 Å². The number of benzene rings is 2. The molecule has 5 nitrogen and oxygen atoms in total. The van der Waals surface area contributed by atoms with E-state index in [1.165, 1.54) is 30.3 Å². The van der Waals surface area contributed by atoms with Gasteiger partial charge in [0, 0.05) is 4.47 Å². The third kappa shape index (κ3) is 2.97. The zero-order chi connectivity index (χ0) is 14.7. The van der Waals surface area contributed by atoms with Crippen LogP contribution in [0.15, 0.2) is 46.9 Å². The van der Waals surface area contributed by atoms with E-state index in [0.29, 0.717) is 10.2 Å². The fraction of sp³-hybridized carbons (Fsp3) is 0. The second kappa shape index (κ2) is 5.75. The monoisotopic (exact) mass is 335 g/mol. The van der Waals surface area contributed by atoms with E-state index in [2.05, 4.69) is 21.2 Å². The van der Waals surface area contributed by atoms with Crippen LogP contribution in [0.3, 0.4) is 0 Å². The van der Waals surface area contributed by atoms with Gasteiger partial charge in [0.25, 0.3) is 5.91 Å². The van der Waals surface area contributed by atoms with Crippen molar-refractivity contribution in [3.63, 3.8) is 0 Å². The van der Waals surface area contributed by atoms with E-state index in [4.69, 9.17) is 5.11 Å². The fourth-order valence-corrected chi connectivity index (χ4v) is 2.08. The van der Waals surface area contributed by atoms with E-state index in [-0.39, 0.29) is 16.9 Å². The number of phenols is 1. The summed E-state index contributed by atoms with van der Waals surface area (Å²) in [4.78, 5) is 22.8. The van der Waals surface area contributed by atoms with Crippen LogP contribution in [0.5, 0.6) is 5.75 Å². The summed E-state index contributed by atoms with van der Waals surface area (Å²) in [6.45, 7) is 0. The summed E-state index contributed by atoms with van der Waals surface area (Å²) in [5.41, 5.74) is 0.669. The maximum Gasteiger partial charge on any atom is 0.335 e. The summed E-state index contributed by atoms with van der Waals surface area (Å²) in [5.74, 6) is -1.65.